The largest absolute Gasteiger partial charge is 0.326 e. The van der Waals surface area contributed by atoms with Gasteiger partial charge in [0.05, 0.1) is 20.9 Å². The van der Waals surface area contributed by atoms with Gasteiger partial charge >= 0.3 is 0 Å². The minimum Gasteiger partial charge on any atom is -0.326 e. The molecule has 2 nitrogen and oxygen atoms in total. The minimum atomic E-state index is -0.298. The third-order valence-corrected chi connectivity index (χ3v) is 4.83. The molecule has 1 heterocycles. The Kier molecular flexibility index (Phi) is 5.37. The van der Waals surface area contributed by atoms with E-state index in [0.29, 0.717) is 15.9 Å². The number of alkyl halides is 1. The van der Waals surface area contributed by atoms with Crippen molar-refractivity contribution in [2.45, 2.75) is 25.8 Å². The van der Waals surface area contributed by atoms with Crippen LogP contribution in [0.1, 0.15) is 25.0 Å². The highest BCUT2D eigenvalue weighted by molar-refractivity contribution is 9.10. The van der Waals surface area contributed by atoms with Crippen LogP contribution in [0.15, 0.2) is 16.6 Å². The van der Waals surface area contributed by atoms with Crippen LogP contribution in [0.4, 0.5) is 4.39 Å². The van der Waals surface area contributed by atoms with Gasteiger partial charge in [0, 0.05) is 12.6 Å². The molecule has 0 aliphatic heterocycles. The summed E-state index contributed by atoms with van der Waals surface area (Å²) in [5.41, 5.74) is 1.58. The fourth-order valence-electron chi connectivity index (χ4n) is 2.28. The minimum absolute atomic E-state index is 0.203. The molecule has 2 atom stereocenters. The quantitative estimate of drug-likeness (QED) is 0.661. The van der Waals surface area contributed by atoms with Crippen LogP contribution in [0, 0.1) is 11.7 Å². The van der Waals surface area contributed by atoms with Gasteiger partial charge in [0.2, 0.25) is 0 Å². The van der Waals surface area contributed by atoms with Crippen LogP contribution in [-0.2, 0) is 6.54 Å². The summed E-state index contributed by atoms with van der Waals surface area (Å²) in [6, 6.07) is 3.24. The van der Waals surface area contributed by atoms with Crippen LogP contribution in [0.25, 0.3) is 11.0 Å². The molecule has 110 valence electrons. The second kappa shape index (κ2) is 6.67. The van der Waals surface area contributed by atoms with E-state index in [9.17, 15) is 4.39 Å². The zero-order valence-corrected chi connectivity index (χ0v) is 14.8. The Hall–Kier alpha value is -0.260. The average molecular weight is 380 g/mol. The normalized spacial score (nSPS) is 14.7. The maximum atomic E-state index is 13.6. The topological polar surface area (TPSA) is 17.8 Å². The van der Waals surface area contributed by atoms with Gasteiger partial charge in [-0.3, -0.25) is 0 Å². The predicted octanol–water partition coefficient (Wildman–Crippen LogP) is 5.24. The Morgan fingerprint density at radius 1 is 1.45 bits per heavy atom. The SMILES string of the molecule is CSCC(C)Cn1c(C(C)Cl)nc2cc(F)c(Br)cc21. The molecule has 0 N–H and O–H groups in total. The van der Waals surface area contributed by atoms with Crippen molar-refractivity contribution in [2.24, 2.45) is 5.92 Å². The van der Waals surface area contributed by atoms with Gasteiger partial charge in [-0.1, -0.05) is 6.92 Å². The Labute approximate surface area is 136 Å². The number of imidazole rings is 1. The van der Waals surface area contributed by atoms with Crippen LogP contribution < -0.4 is 0 Å². The number of halogens is 3. The van der Waals surface area contributed by atoms with Gasteiger partial charge in [-0.25, -0.2) is 9.37 Å². The molecule has 0 radical (unpaired) electrons. The van der Waals surface area contributed by atoms with E-state index < -0.39 is 0 Å². The monoisotopic (exact) mass is 378 g/mol. The fraction of sp³-hybridized carbons (Fsp3) is 0.500. The van der Waals surface area contributed by atoms with Gasteiger partial charge in [0.25, 0.3) is 0 Å². The van der Waals surface area contributed by atoms with Gasteiger partial charge in [-0.15, -0.1) is 11.6 Å². The van der Waals surface area contributed by atoms with Crippen molar-refractivity contribution in [1.82, 2.24) is 9.55 Å². The third-order valence-electron chi connectivity index (χ3n) is 3.12. The Bertz CT molecular complexity index is 615. The number of nitrogens with zero attached hydrogens (tertiary/aromatic N) is 2. The van der Waals surface area contributed by atoms with Gasteiger partial charge in [-0.2, -0.15) is 11.8 Å². The molecule has 0 spiro atoms. The molecule has 2 rings (SSSR count). The summed E-state index contributed by atoms with van der Waals surface area (Å²) in [6.45, 7) is 4.93. The summed E-state index contributed by atoms with van der Waals surface area (Å²) < 4.78 is 16.2. The first kappa shape index (κ1) is 16.1. The van der Waals surface area contributed by atoms with E-state index in [1.54, 1.807) is 6.07 Å². The zero-order chi connectivity index (χ0) is 14.9. The fourth-order valence-corrected chi connectivity index (χ4v) is 3.46. The first-order valence-corrected chi connectivity index (χ1v) is 9.04. The van der Waals surface area contributed by atoms with Crippen molar-refractivity contribution in [3.63, 3.8) is 0 Å². The number of hydrogen-bond acceptors (Lipinski definition) is 2. The molecule has 0 amide bonds. The molecular formula is C14H17BrClFN2S. The van der Waals surface area contributed by atoms with Crippen molar-refractivity contribution in [3.8, 4) is 0 Å². The zero-order valence-electron chi connectivity index (χ0n) is 11.7. The van der Waals surface area contributed by atoms with E-state index in [1.165, 1.54) is 6.07 Å². The predicted molar refractivity (Wildman–Crippen MR) is 89.2 cm³/mol. The highest BCUT2D eigenvalue weighted by Crippen LogP contribution is 2.29. The second-order valence-electron chi connectivity index (χ2n) is 5.01. The number of benzene rings is 1. The summed E-state index contributed by atoms with van der Waals surface area (Å²) >= 11 is 11.3. The van der Waals surface area contributed by atoms with Crippen LogP contribution >= 0.6 is 39.3 Å². The van der Waals surface area contributed by atoms with E-state index in [0.717, 1.165) is 23.6 Å². The second-order valence-corrected chi connectivity index (χ2v) is 7.43. The van der Waals surface area contributed by atoms with Gasteiger partial charge in [0.15, 0.2) is 0 Å². The lowest BCUT2D eigenvalue weighted by atomic mass is 10.2. The maximum Gasteiger partial charge on any atom is 0.139 e. The van der Waals surface area contributed by atoms with Gasteiger partial charge in [0.1, 0.15) is 11.6 Å². The van der Waals surface area contributed by atoms with Gasteiger partial charge < -0.3 is 4.57 Å². The number of rotatable bonds is 5. The highest BCUT2D eigenvalue weighted by atomic mass is 79.9. The smallest absolute Gasteiger partial charge is 0.139 e. The third kappa shape index (κ3) is 3.31. The number of thioether (sulfide) groups is 1. The summed E-state index contributed by atoms with van der Waals surface area (Å²) in [5.74, 6) is 2.07. The van der Waals surface area contributed by atoms with Crippen molar-refractivity contribution in [3.05, 3.63) is 28.2 Å². The lowest BCUT2D eigenvalue weighted by Crippen LogP contribution is -2.13. The Balaban J connectivity index is 2.53. The lowest BCUT2D eigenvalue weighted by Gasteiger charge is -2.15. The van der Waals surface area contributed by atoms with Crippen molar-refractivity contribution in [2.75, 3.05) is 12.0 Å². The van der Waals surface area contributed by atoms with Crippen LogP contribution in [0.2, 0.25) is 0 Å². The summed E-state index contributed by atoms with van der Waals surface area (Å²) in [7, 11) is 0. The van der Waals surface area contributed by atoms with Crippen LogP contribution in [0.3, 0.4) is 0 Å². The Morgan fingerprint density at radius 3 is 2.75 bits per heavy atom. The van der Waals surface area contributed by atoms with Crippen molar-refractivity contribution in [1.29, 1.82) is 0 Å². The van der Waals surface area contributed by atoms with Crippen LogP contribution in [0.5, 0.6) is 0 Å². The molecule has 0 aliphatic carbocycles. The standard InChI is InChI=1S/C14H17BrClFN2S/c1-8(7-20-3)6-19-13-4-10(15)11(17)5-12(13)18-14(19)9(2)16/h4-5,8-9H,6-7H2,1-3H3. The highest BCUT2D eigenvalue weighted by Gasteiger charge is 2.18. The number of fused-ring (bicyclic) bond motifs is 1. The molecule has 2 unspecified atom stereocenters. The van der Waals surface area contributed by atoms with Crippen LogP contribution in [-0.4, -0.2) is 21.6 Å². The summed E-state index contributed by atoms with van der Waals surface area (Å²) in [6.07, 6.45) is 2.10. The van der Waals surface area contributed by atoms with Crippen molar-refractivity contribution >= 4 is 50.3 Å². The molecule has 20 heavy (non-hydrogen) atoms. The Morgan fingerprint density at radius 2 is 2.15 bits per heavy atom. The molecular weight excluding hydrogens is 363 g/mol. The molecule has 0 bridgehead atoms. The molecule has 6 heteroatoms. The lowest BCUT2D eigenvalue weighted by molar-refractivity contribution is 0.524. The van der Waals surface area contributed by atoms with Crippen molar-refractivity contribution < 1.29 is 4.39 Å². The van der Waals surface area contributed by atoms with E-state index in [-0.39, 0.29) is 11.2 Å². The summed E-state index contributed by atoms with van der Waals surface area (Å²) in [4.78, 5) is 4.49. The van der Waals surface area contributed by atoms with E-state index in [2.05, 4.69) is 38.7 Å². The van der Waals surface area contributed by atoms with Gasteiger partial charge in [-0.05, 0) is 46.8 Å². The molecule has 0 aliphatic rings. The molecule has 0 saturated heterocycles. The molecule has 2 aromatic rings. The van der Waals surface area contributed by atoms with E-state index >= 15 is 0 Å². The first-order valence-electron chi connectivity index (χ1n) is 6.42. The van der Waals surface area contributed by atoms with E-state index in [1.807, 2.05) is 18.7 Å². The molecule has 0 saturated carbocycles. The first-order chi connectivity index (χ1) is 9.43. The molecule has 0 fully saturated rings. The number of hydrogen-bond donors (Lipinski definition) is 0. The maximum absolute atomic E-state index is 13.6. The molecule has 1 aromatic heterocycles. The summed E-state index contributed by atoms with van der Waals surface area (Å²) in [5, 5.41) is -0.203. The number of aromatic nitrogens is 2. The average Bonchev–Trinajstić information content (AvgIpc) is 2.69. The molecule has 1 aromatic carbocycles. The van der Waals surface area contributed by atoms with E-state index in [4.69, 9.17) is 11.6 Å².